The van der Waals surface area contributed by atoms with E-state index in [-0.39, 0.29) is 30.8 Å². The molecule has 0 bridgehead atoms. The first-order valence-electron chi connectivity index (χ1n) is 3.86. The Morgan fingerprint density at radius 2 is 2.62 bits per heavy atom. The standard InChI is InChI=1S/C8H10N2O3/c1-2-3-13-10-8(12)6-4-7(11)9-5-6/h1,6H,3-5H2,(H,9,11)(H,10,12). The molecule has 70 valence electrons. The zero-order chi connectivity index (χ0) is 9.68. The highest BCUT2D eigenvalue weighted by Crippen LogP contribution is 2.08. The topological polar surface area (TPSA) is 67.4 Å². The molecule has 0 aromatic heterocycles. The minimum absolute atomic E-state index is 0.0276. The lowest BCUT2D eigenvalue weighted by Gasteiger charge is -2.06. The maximum absolute atomic E-state index is 11.2. The average molecular weight is 182 g/mol. The maximum atomic E-state index is 11.2. The lowest BCUT2D eigenvalue weighted by atomic mass is 10.1. The van der Waals surface area contributed by atoms with Gasteiger partial charge in [0.2, 0.25) is 11.8 Å². The van der Waals surface area contributed by atoms with Crippen LogP contribution in [-0.4, -0.2) is 25.0 Å². The lowest BCUT2D eigenvalue weighted by molar-refractivity contribution is -0.136. The molecular formula is C8H10N2O3. The van der Waals surface area contributed by atoms with Gasteiger partial charge in [-0.1, -0.05) is 5.92 Å². The molecule has 1 fully saturated rings. The number of hydroxylamine groups is 1. The second-order valence-electron chi connectivity index (χ2n) is 2.66. The van der Waals surface area contributed by atoms with E-state index in [9.17, 15) is 9.59 Å². The van der Waals surface area contributed by atoms with E-state index in [0.29, 0.717) is 6.54 Å². The van der Waals surface area contributed by atoms with Gasteiger partial charge in [-0.2, -0.15) is 0 Å². The van der Waals surface area contributed by atoms with E-state index >= 15 is 0 Å². The second kappa shape index (κ2) is 4.48. The van der Waals surface area contributed by atoms with Crippen LogP contribution < -0.4 is 10.8 Å². The van der Waals surface area contributed by atoms with E-state index in [1.54, 1.807) is 0 Å². The number of terminal acetylenes is 1. The fraction of sp³-hybridized carbons (Fsp3) is 0.500. The van der Waals surface area contributed by atoms with Gasteiger partial charge in [-0.3, -0.25) is 14.4 Å². The van der Waals surface area contributed by atoms with Crippen molar-refractivity contribution in [3.63, 3.8) is 0 Å². The number of carbonyl (C=O) groups excluding carboxylic acids is 2. The molecule has 0 aliphatic carbocycles. The molecule has 0 aromatic rings. The molecule has 1 saturated heterocycles. The monoisotopic (exact) mass is 182 g/mol. The molecule has 2 N–H and O–H groups in total. The summed E-state index contributed by atoms with van der Waals surface area (Å²) in [7, 11) is 0. The van der Waals surface area contributed by atoms with Crippen LogP contribution in [0.3, 0.4) is 0 Å². The average Bonchev–Trinajstić information content (AvgIpc) is 2.52. The highest BCUT2D eigenvalue weighted by molar-refractivity contribution is 5.88. The zero-order valence-corrected chi connectivity index (χ0v) is 7.00. The lowest BCUT2D eigenvalue weighted by Crippen LogP contribution is -2.32. The summed E-state index contributed by atoms with van der Waals surface area (Å²) in [6.45, 7) is 0.393. The molecule has 13 heavy (non-hydrogen) atoms. The third-order valence-corrected chi connectivity index (χ3v) is 1.68. The first-order valence-corrected chi connectivity index (χ1v) is 3.86. The van der Waals surface area contributed by atoms with Crippen LogP contribution in [0.15, 0.2) is 0 Å². The van der Waals surface area contributed by atoms with Gasteiger partial charge in [0.1, 0.15) is 6.61 Å². The van der Waals surface area contributed by atoms with E-state index in [4.69, 9.17) is 6.42 Å². The molecule has 1 aliphatic rings. The first-order chi connectivity index (χ1) is 6.24. The van der Waals surface area contributed by atoms with Crippen molar-refractivity contribution in [1.82, 2.24) is 10.8 Å². The molecule has 0 saturated carbocycles. The van der Waals surface area contributed by atoms with Crippen LogP contribution in [0.1, 0.15) is 6.42 Å². The van der Waals surface area contributed by atoms with Crippen molar-refractivity contribution in [1.29, 1.82) is 0 Å². The first kappa shape index (κ1) is 9.55. The Balaban J connectivity index is 2.24. The summed E-state index contributed by atoms with van der Waals surface area (Å²) in [5, 5.41) is 2.55. The number of rotatable bonds is 3. The van der Waals surface area contributed by atoms with Gasteiger partial charge < -0.3 is 5.32 Å². The van der Waals surface area contributed by atoms with E-state index < -0.39 is 0 Å². The minimum Gasteiger partial charge on any atom is -0.355 e. The Hall–Kier alpha value is -1.54. The Labute approximate surface area is 75.8 Å². The Kier molecular flexibility index (Phi) is 3.29. The highest BCUT2D eigenvalue weighted by Gasteiger charge is 2.27. The number of amides is 2. The molecule has 2 amide bonds. The molecule has 0 aromatic carbocycles. The number of nitrogens with one attached hydrogen (secondary N) is 2. The molecular weight excluding hydrogens is 172 g/mol. The number of carbonyl (C=O) groups is 2. The van der Waals surface area contributed by atoms with E-state index in [2.05, 4.69) is 21.6 Å². The van der Waals surface area contributed by atoms with E-state index in [0.717, 1.165) is 0 Å². The normalized spacial score (nSPS) is 20.5. The van der Waals surface area contributed by atoms with Gasteiger partial charge in [0.15, 0.2) is 0 Å². The highest BCUT2D eigenvalue weighted by atomic mass is 16.6. The van der Waals surface area contributed by atoms with Gasteiger partial charge in [0.05, 0.1) is 5.92 Å². The summed E-state index contributed by atoms with van der Waals surface area (Å²) in [6.07, 6.45) is 5.11. The second-order valence-corrected chi connectivity index (χ2v) is 2.66. The van der Waals surface area contributed by atoms with Crippen molar-refractivity contribution in [3.05, 3.63) is 0 Å². The summed E-state index contributed by atoms with van der Waals surface area (Å²) in [5.41, 5.74) is 2.17. The summed E-state index contributed by atoms with van der Waals surface area (Å²) in [4.78, 5) is 26.5. The summed E-state index contributed by atoms with van der Waals surface area (Å²) < 4.78 is 0. The van der Waals surface area contributed by atoms with Gasteiger partial charge in [0.25, 0.3) is 0 Å². The van der Waals surface area contributed by atoms with Crippen LogP contribution in [0, 0.1) is 18.3 Å². The van der Waals surface area contributed by atoms with Crippen molar-refractivity contribution in [2.45, 2.75) is 6.42 Å². The van der Waals surface area contributed by atoms with E-state index in [1.165, 1.54) is 0 Å². The van der Waals surface area contributed by atoms with Crippen LogP contribution in [0.4, 0.5) is 0 Å². The predicted octanol–water partition coefficient (Wildman–Crippen LogP) is -1.20. The van der Waals surface area contributed by atoms with Gasteiger partial charge in [-0.05, 0) is 0 Å². The molecule has 1 unspecified atom stereocenters. The third kappa shape index (κ3) is 2.76. The van der Waals surface area contributed by atoms with Crippen molar-refractivity contribution in [3.8, 4) is 12.3 Å². The zero-order valence-electron chi connectivity index (χ0n) is 7.00. The predicted molar refractivity (Wildman–Crippen MR) is 44.0 cm³/mol. The SMILES string of the molecule is C#CCONC(=O)C1CNC(=O)C1. The van der Waals surface area contributed by atoms with Gasteiger partial charge in [0, 0.05) is 13.0 Å². The van der Waals surface area contributed by atoms with Crippen molar-refractivity contribution >= 4 is 11.8 Å². The number of hydrogen-bond acceptors (Lipinski definition) is 3. The molecule has 0 spiro atoms. The third-order valence-electron chi connectivity index (χ3n) is 1.68. The van der Waals surface area contributed by atoms with Crippen LogP contribution in [0.2, 0.25) is 0 Å². The minimum atomic E-state index is -0.342. The Bertz CT molecular complexity index is 257. The van der Waals surface area contributed by atoms with Crippen LogP contribution in [-0.2, 0) is 14.4 Å². The quantitative estimate of drug-likeness (QED) is 0.327. The Morgan fingerprint density at radius 3 is 3.15 bits per heavy atom. The van der Waals surface area contributed by atoms with Crippen molar-refractivity contribution < 1.29 is 14.4 Å². The van der Waals surface area contributed by atoms with Gasteiger partial charge in [-0.25, -0.2) is 5.48 Å². The number of hydrogen-bond donors (Lipinski definition) is 2. The van der Waals surface area contributed by atoms with Crippen molar-refractivity contribution in [2.75, 3.05) is 13.2 Å². The fourth-order valence-electron chi connectivity index (χ4n) is 1.02. The van der Waals surface area contributed by atoms with Crippen LogP contribution in [0.25, 0.3) is 0 Å². The largest absolute Gasteiger partial charge is 0.355 e. The van der Waals surface area contributed by atoms with Gasteiger partial charge in [-0.15, -0.1) is 6.42 Å². The summed E-state index contributed by atoms with van der Waals surface area (Å²) in [5.74, 6) is 1.44. The fourth-order valence-corrected chi connectivity index (χ4v) is 1.02. The molecule has 5 nitrogen and oxygen atoms in total. The van der Waals surface area contributed by atoms with Gasteiger partial charge >= 0.3 is 0 Å². The maximum Gasteiger partial charge on any atom is 0.248 e. The summed E-state index contributed by atoms with van der Waals surface area (Å²) >= 11 is 0. The summed E-state index contributed by atoms with van der Waals surface area (Å²) in [6, 6.07) is 0. The molecule has 1 rings (SSSR count). The molecule has 1 aliphatic heterocycles. The molecule has 1 heterocycles. The van der Waals surface area contributed by atoms with Crippen molar-refractivity contribution in [2.24, 2.45) is 5.92 Å². The van der Waals surface area contributed by atoms with E-state index in [1.807, 2.05) is 0 Å². The molecule has 5 heteroatoms. The Morgan fingerprint density at radius 1 is 1.85 bits per heavy atom. The molecule has 0 radical (unpaired) electrons. The smallest absolute Gasteiger partial charge is 0.248 e. The van der Waals surface area contributed by atoms with Crippen LogP contribution in [0.5, 0.6) is 0 Å². The van der Waals surface area contributed by atoms with Crippen LogP contribution >= 0.6 is 0 Å². The molecule has 1 atom stereocenters.